The molecule has 0 N–H and O–H groups in total. The molecule has 1 aromatic carbocycles. The van der Waals surface area contributed by atoms with Crippen molar-refractivity contribution in [3.63, 3.8) is 0 Å². The second-order valence-corrected chi connectivity index (χ2v) is 6.90. The third-order valence-corrected chi connectivity index (χ3v) is 4.64. The van der Waals surface area contributed by atoms with Crippen LogP contribution >= 0.6 is 35.3 Å². The molecule has 0 aliphatic rings. The number of carbonyl (C=O) groups excluding carboxylic acids is 1. The van der Waals surface area contributed by atoms with Gasteiger partial charge < -0.3 is 4.90 Å². The summed E-state index contributed by atoms with van der Waals surface area (Å²) in [6.45, 7) is 1.22. The number of halogens is 2. The van der Waals surface area contributed by atoms with Gasteiger partial charge in [-0.25, -0.2) is 9.97 Å². The quantitative estimate of drug-likeness (QED) is 0.660. The van der Waals surface area contributed by atoms with Crippen LogP contribution in [0.3, 0.4) is 0 Å². The monoisotopic (exact) mass is 397 g/mol. The fraction of sp³-hybridized carbons (Fsp3) is 0.250. The van der Waals surface area contributed by atoms with Gasteiger partial charge in [0.1, 0.15) is 5.69 Å². The van der Waals surface area contributed by atoms with Crippen LogP contribution in [0.15, 0.2) is 36.8 Å². The molecule has 0 spiro atoms. The van der Waals surface area contributed by atoms with Crippen molar-refractivity contribution in [3.05, 3.63) is 47.5 Å². The molecular formula is C16H17Cl2N5OS. The number of benzene rings is 1. The Balaban J connectivity index is 0.00000225. The SMILES string of the molecule is CN(C)CCN(C(=O)c1cnccn1)c1nc2ccc(Cl)cc2s1.Cl. The largest absolute Gasteiger partial charge is 0.308 e. The number of hydrogen-bond donors (Lipinski definition) is 0. The standard InChI is InChI=1S/C16H16ClN5OS.ClH/c1-21(2)7-8-22(15(23)13-10-18-5-6-19-13)16-20-12-4-3-11(17)9-14(12)24-16;/h3-6,9-10H,7-8H2,1-2H3;1H. The van der Waals surface area contributed by atoms with Gasteiger partial charge in [-0.1, -0.05) is 22.9 Å². The van der Waals surface area contributed by atoms with Gasteiger partial charge in [-0.05, 0) is 32.3 Å². The summed E-state index contributed by atoms with van der Waals surface area (Å²) in [5, 5.41) is 1.28. The third kappa shape index (κ3) is 4.64. The Morgan fingerprint density at radius 3 is 2.72 bits per heavy atom. The first-order valence-corrected chi connectivity index (χ1v) is 8.53. The molecule has 0 saturated carbocycles. The van der Waals surface area contributed by atoms with Crippen molar-refractivity contribution in [2.24, 2.45) is 0 Å². The van der Waals surface area contributed by atoms with Gasteiger partial charge in [-0.3, -0.25) is 14.7 Å². The van der Waals surface area contributed by atoms with Gasteiger partial charge in [0.25, 0.3) is 5.91 Å². The van der Waals surface area contributed by atoms with Crippen LogP contribution in [0, 0.1) is 0 Å². The molecule has 0 radical (unpaired) electrons. The fourth-order valence-electron chi connectivity index (χ4n) is 2.13. The molecule has 9 heteroatoms. The Morgan fingerprint density at radius 1 is 1.24 bits per heavy atom. The Labute approximate surface area is 160 Å². The van der Waals surface area contributed by atoms with E-state index in [9.17, 15) is 4.79 Å². The molecule has 0 bridgehead atoms. The van der Waals surface area contributed by atoms with Crippen LogP contribution in [-0.4, -0.2) is 52.9 Å². The van der Waals surface area contributed by atoms with Gasteiger partial charge in [-0.15, -0.1) is 12.4 Å². The first kappa shape index (κ1) is 19.5. The molecule has 25 heavy (non-hydrogen) atoms. The number of nitrogens with zero attached hydrogens (tertiary/aromatic N) is 5. The van der Waals surface area contributed by atoms with Gasteiger partial charge in [0.15, 0.2) is 5.13 Å². The average Bonchev–Trinajstić information content (AvgIpc) is 2.98. The number of carbonyl (C=O) groups is 1. The van der Waals surface area contributed by atoms with Crippen LogP contribution in [0.1, 0.15) is 10.5 Å². The van der Waals surface area contributed by atoms with Crippen LogP contribution in [0.4, 0.5) is 5.13 Å². The number of likely N-dealkylation sites (N-methyl/N-ethyl adjacent to an activating group) is 1. The number of fused-ring (bicyclic) bond motifs is 1. The lowest BCUT2D eigenvalue weighted by Gasteiger charge is -2.21. The Hall–Kier alpha value is -1.80. The molecule has 2 aromatic heterocycles. The van der Waals surface area contributed by atoms with E-state index >= 15 is 0 Å². The van der Waals surface area contributed by atoms with Crippen LogP contribution in [-0.2, 0) is 0 Å². The molecule has 132 valence electrons. The summed E-state index contributed by atoms with van der Waals surface area (Å²) in [6, 6.07) is 5.51. The number of hydrogen-bond acceptors (Lipinski definition) is 6. The third-order valence-electron chi connectivity index (χ3n) is 3.37. The predicted molar refractivity (Wildman–Crippen MR) is 104 cm³/mol. The zero-order valence-corrected chi connectivity index (χ0v) is 16.1. The van der Waals surface area contributed by atoms with Crippen LogP contribution in [0.2, 0.25) is 5.02 Å². The van der Waals surface area contributed by atoms with E-state index in [2.05, 4.69) is 15.0 Å². The van der Waals surface area contributed by atoms with E-state index in [-0.39, 0.29) is 18.3 Å². The minimum Gasteiger partial charge on any atom is -0.308 e. The lowest BCUT2D eigenvalue weighted by Crippen LogP contribution is -2.37. The van der Waals surface area contributed by atoms with Crippen molar-refractivity contribution in [1.82, 2.24) is 19.9 Å². The molecular weight excluding hydrogens is 381 g/mol. The summed E-state index contributed by atoms with van der Waals surface area (Å²) in [5.41, 5.74) is 1.12. The minimum atomic E-state index is -0.213. The maximum Gasteiger partial charge on any atom is 0.280 e. The number of anilines is 1. The van der Waals surface area contributed by atoms with Crippen molar-refractivity contribution < 1.29 is 4.79 Å². The van der Waals surface area contributed by atoms with E-state index < -0.39 is 0 Å². The van der Waals surface area contributed by atoms with Crippen LogP contribution in [0.5, 0.6) is 0 Å². The van der Waals surface area contributed by atoms with Gasteiger partial charge in [0, 0.05) is 30.5 Å². The molecule has 3 aromatic rings. The smallest absolute Gasteiger partial charge is 0.280 e. The topological polar surface area (TPSA) is 62.2 Å². The summed E-state index contributed by atoms with van der Waals surface area (Å²) in [4.78, 5) is 29.2. The van der Waals surface area contributed by atoms with Crippen LogP contribution < -0.4 is 4.90 Å². The van der Waals surface area contributed by atoms with E-state index in [0.717, 1.165) is 10.2 Å². The van der Waals surface area contributed by atoms with Gasteiger partial charge in [0.05, 0.1) is 16.4 Å². The van der Waals surface area contributed by atoms with Crippen molar-refractivity contribution in [2.45, 2.75) is 0 Å². The van der Waals surface area contributed by atoms with Crippen molar-refractivity contribution >= 4 is 56.6 Å². The number of rotatable bonds is 5. The summed E-state index contributed by atoms with van der Waals surface area (Å²) < 4.78 is 0.944. The first-order valence-electron chi connectivity index (χ1n) is 7.33. The maximum atomic E-state index is 12.8. The highest BCUT2D eigenvalue weighted by Crippen LogP contribution is 2.31. The first-order chi connectivity index (χ1) is 11.5. The summed E-state index contributed by atoms with van der Waals surface area (Å²) >= 11 is 7.48. The Kier molecular flexibility index (Phi) is 6.66. The second-order valence-electron chi connectivity index (χ2n) is 5.46. The summed E-state index contributed by atoms with van der Waals surface area (Å²) in [5.74, 6) is -0.213. The molecule has 0 unspecified atom stereocenters. The molecule has 2 heterocycles. The Morgan fingerprint density at radius 2 is 2.04 bits per heavy atom. The lowest BCUT2D eigenvalue weighted by atomic mass is 10.3. The van der Waals surface area contributed by atoms with E-state index in [0.29, 0.717) is 28.9 Å². The number of thiazole rings is 1. The highest BCUT2D eigenvalue weighted by Gasteiger charge is 2.22. The van der Waals surface area contributed by atoms with E-state index in [1.165, 1.54) is 23.7 Å². The normalized spacial score (nSPS) is 10.7. The maximum absolute atomic E-state index is 12.8. The summed E-state index contributed by atoms with van der Waals surface area (Å²) in [7, 11) is 3.92. The van der Waals surface area contributed by atoms with Crippen molar-refractivity contribution in [3.8, 4) is 0 Å². The highest BCUT2D eigenvalue weighted by atomic mass is 35.5. The fourth-order valence-corrected chi connectivity index (χ4v) is 3.40. The zero-order valence-electron chi connectivity index (χ0n) is 13.7. The van der Waals surface area contributed by atoms with Crippen molar-refractivity contribution in [1.29, 1.82) is 0 Å². The molecule has 0 saturated heterocycles. The lowest BCUT2D eigenvalue weighted by molar-refractivity contribution is 0.0980. The van der Waals surface area contributed by atoms with Gasteiger partial charge in [-0.2, -0.15) is 0 Å². The predicted octanol–water partition coefficient (Wildman–Crippen LogP) is 3.37. The molecule has 3 rings (SSSR count). The molecule has 1 amide bonds. The highest BCUT2D eigenvalue weighted by molar-refractivity contribution is 7.22. The molecule has 0 fully saturated rings. The molecule has 0 atom stereocenters. The Bertz CT molecular complexity index is 856. The van der Waals surface area contributed by atoms with Gasteiger partial charge in [0.2, 0.25) is 0 Å². The van der Waals surface area contributed by atoms with Gasteiger partial charge >= 0.3 is 0 Å². The molecule has 0 aliphatic heterocycles. The van der Waals surface area contributed by atoms with Crippen LogP contribution in [0.25, 0.3) is 10.2 Å². The molecule has 6 nitrogen and oxygen atoms in total. The van der Waals surface area contributed by atoms with Crippen molar-refractivity contribution in [2.75, 3.05) is 32.1 Å². The molecule has 0 aliphatic carbocycles. The average molecular weight is 398 g/mol. The van der Waals surface area contributed by atoms with E-state index in [1.54, 1.807) is 17.2 Å². The van der Waals surface area contributed by atoms with E-state index in [1.807, 2.05) is 31.1 Å². The number of amides is 1. The summed E-state index contributed by atoms with van der Waals surface area (Å²) in [6.07, 6.45) is 4.52. The zero-order chi connectivity index (χ0) is 17.1. The second kappa shape index (κ2) is 8.53. The minimum absolute atomic E-state index is 0. The number of aromatic nitrogens is 3. The van der Waals surface area contributed by atoms with E-state index in [4.69, 9.17) is 11.6 Å².